The third kappa shape index (κ3) is 6.74. The molecule has 0 unspecified atom stereocenters. The first-order valence-corrected chi connectivity index (χ1v) is 15.2. The average Bonchev–Trinajstić information content (AvgIpc) is 3.76. The third-order valence-corrected chi connectivity index (χ3v) is 8.21. The highest BCUT2D eigenvalue weighted by Gasteiger charge is 2.38. The Balaban J connectivity index is 1.19. The summed E-state index contributed by atoms with van der Waals surface area (Å²) in [6.45, 7) is 7.50. The quantitative estimate of drug-likeness (QED) is 0.177. The fraction of sp³-hybridized carbons (Fsp3) is 0.452. The van der Waals surface area contributed by atoms with Gasteiger partial charge in [-0.15, -0.1) is 0 Å². The summed E-state index contributed by atoms with van der Waals surface area (Å²) in [4.78, 5) is 27.7. The van der Waals surface area contributed by atoms with Crippen molar-refractivity contribution in [1.82, 2.24) is 50.0 Å². The SMILES string of the molecule is CO[C@H]1C[C@H](c2nc(Nc3cc(C)[nH]n3)c3cnn(CC(C)(C)O)c3n2)CC[C@@H]1C(=O)N[C@@H](C)c1ccc(-n2cc(F)cn2)nc1. The predicted molar refractivity (Wildman–Crippen MR) is 167 cm³/mol. The summed E-state index contributed by atoms with van der Waals surface area (Å²) in [6, 6.07) is 5.14. The Bertz CT molecular complexity index is 1830. The van der Waals surface area contributed by atoms with Gasteiger partial charge >= 0.3 is 0 Å². The topological polar surface area (TPSA) is 174 Å². The van der Waals surface area contributed by atoms with Crippen LogP contribution in [0.15, 0.2) is 43.0 Å². The summed E-state index contributed by atoms with van der Waals surface area (Å²) in [6.07, 6.45) is 7.15. The Morgan fingerprint density at radius 3 is 2.70 bits per heavy atom. The molecule has 0 spiro atoms. The van der Waals surface area contributed by atoms with E-state index in [9.17, 15) is 14.3 Å². The number of hydrogen-bond donors (Lipinski definition) is 4. The number of H-pyrrole nitrogens is 1. The molecule has 1 fully saturated rings. The molecule has 4 atom stereocenters. The Morgan fingerprint density at radius 2 is 2.04 bits per heavy atom. The number of nitrogens with zero attached hydrogens (tertiary/aromatic N) is 8. The smallest absolute Gasteiger partial charge is 0.226 e. The zero-order valence-electron chi connectivity index (χ0n) is 26.4. The van der Waals surface area contributed by atoms with E-state index in [1.807, 2.05) is 26.0 Å². The molecule has 1 saturated carbocycles. The molecule has 14 nitrogen and oxygen atoms in total. The predicted octanol–water partition coefficient (Wildman–Crippen LogP) is 3.87. The molecule has 5 aromatic rings. The number of hydrogen-bond acceptors (Lipinski definition) is 10. The minimum atomic E-state index is -1.00. The standard InChI is InChI=1S/C31H38FN11O3/c1-17-10-25(41-40-17)37-28-23-14-35-43(16-31(3,4)45)29(23)39-27(38-28)19-6-8-22(24(11-19)46-5)30(44)36-18(2)20-7-9-26(33-12-20)42-15-21(32)13-34-42/h7,9-10,12-15,18-19,22,24,45H,6,8,11,16H2,1-5H3,(H,36,44)(H2,37,38,39,40,41)/t18-,19+,22-,24-/m0/s1. The van der Waals surface area contributed by atoms with Crippen LogP contribution in [-0.2, 0) is 16.1 Å². The van der Waals surface area contributed by atoms with E-state index in [0.29, 0.717) is 53.6 Å². The number of aromatic amines is 1. The summed E-state index contributed by atoms with van der Waals surface area (Å²) in [5, 5.41) is 33.3. The van der Waals surface area contributed by atoms with Crippen LogP contribution in [0.3, 0.4) is 0 Å². The van der Waals surface area contributed by atoms with Gasteiger partial charge in [0.05, 0.1) is 54.2 Å². The van der Waals surface area contributed by atoms with Gasteiger partial charge in [-0.2, -0.15) is 15.3 Å². The molecule has 4 N–H and O–H groups in total. The number of halogens is 1. The zero-order chi connectivity index (χ0) is 32.6. The molecule has 5 aromatic heterocycles. The lowest BCUT2D eigenvalue weighted by Gasteiger charge is -2.34. The monoisotopic (exact) mass is 631 g/mol. The molecule has 1 aliphatic rings. The molecule has 0 saturated heterocycles. The number of aliphatic hydroxyl groups is 1. The largest absolute Gasteiger partial charge is 0.389 e. The summed E-state index contributed by atoms with van der Waals surface area (Å²) in [5.74, 6) is 1.27. The van der Waals surface area contributed by atoms with E-state index in [2.05, 4.69) is 36.0 Å². The zero-order valence-corrected chi connectivity index (χ0v) is 26.4. The minimum Gasteiger partial charge on any atom is -0.389 e. The number of aryl methyl sites for hydroxylation is 1. The van der Waals surface area contributed by atoms with Gasteiger partial charge in [0.1, 0.15) is 11.6 Å². The molecule has 6 rings (SSSR count). The number of fused-ring (bicyclic) bond motifs is 1. The van der Waals surface area contributed by atoms with Crippen molar-refractivity contribution in [3.63, 3.8) is 0 Å². The number of carbonyl (C=O) groups is 1. The van der Waals surface area contributed by atoms with Crippen LogP contribution in [0.4, 0.5) is 16.0 Å². The fourth-order valence-corrected chi connectivity index (χ4v) is 5.88. The molecule has 1 aliphatic carbocycles. The van der Waals surface area contributed by atoms with Gasteiger partial charge in [0.15, 0.2) is 23.1 Å². The van der Waals surface area contributed by atoms with Gasteiger partial charge in [-0.25, -0.2) is 28.7 Å². The lowest BCUT2D eigenvalue weighted by atomic mass is 9.78. The Kier molecular flexibility index (Phi) is 8.53. The number of carbonyl (C=O) groups excluding carboxylic acids is 1. The van der Waals surface area contributed by atoms with E-state index in [-0.39, 0.29) is 36.4 Å². The molecule has 0 aliphatic heterocycles. The maximum absolute atomic E-state index is 13.5. The van der Waals surface area contributed by atoms with E-state index >= 15 is 0 Å². The van der Waals surface area contributed by atoms with E-state index in [4.69, 9.17) is 14.7 Å². The van der Waals surface area contributed by atoms with Crippen molar-refractivity contribution in [1.29, 1.82) is 0 Å². The van der Waals surface area contributed by atoms with Gasteiger partial charge < -0.3 is 20.5 Å². The van der Waals surface area contributed by atoms with Crippen molar-refractivity contribution in [2.45, 2.75) is 77.2 Å². The summed E-state index contributed by atoms with van der Waals surface area (Å²) >= 11 is 0. The molecular weight excluding hydrogens is 593 g/mol. The molecular formula is C31H38FN11O3. The van der Waals surface area contributed by atoms with Crippen LogP contribution in [0, 0.1) is 18.7 Å². The lowest BCUT2D eigenvalue weighted by Crippen LogP contribution is -2.42. The third-order valence-electron chi connectivity index (χ3n) is 8.21. The second kappa shape index (κ2) is 12.6. The highest BCUT2D eigenvalue weighted by molar-refractivity contribution is 5.88. The molecule has 242 valence electrons. The van der Waals surface area contributed by atoms with Crippen LogP contribution in [0.5, 0.6) is 0 Å². The molecule has 15 heteroatoms. The maximum Gasteiger partial charge on any atom is 0.226 e. The number of nitrogens with one attached hydrogen (secondary N) is 3. The number of anilines is 2. The number of ether oxygens (including phenoxy) is 1. The molecule has 46 heavy (non-hydrogen) atoms. The Morgan fingerprint density at radius 1 is 1.22 bits per heavy atom. The van der Waals surface area contributed by atoms with Crippen molar-refractivity contribution in [2.75, 3.05) is 12.4 Å². The normalized spacial score (nSPS) is 19.3. The van der Waals surface area contributed by atoms with Gasteiger partial charge in [0.25, 0.3) is 0 Å². The second-order valence-electron chi connectivity index (χ2n) is 12.5. The van der Waals surface area contributed by atoms with Crippen molar-refractivity contribution in [3.05, 3.63) is 65.9 Å². The van der Waals surface area contributed by atoms with Crippen molar-refractivity contribution >= 4 is 28.6 Å². The molecule has 5 heterocycles. The van der Waals surface area contributed by atoms with Gasteiger partial charge in [0.2, 0.25) is 5.91 Å². The van der Waals surface area contributed by atoms with E-state index < -0.39 is 11.4 Å². The van der Waals surface area contributed by atoms with Crippen LogP contribution in [0.1, 0.15) is 69.1 Å². The first-order valence-electron chi connectivity index (χ1n) is 15.2. The summed E-state index contributed by atoms with van der Waals surface area (Å²) in [5.41, 5.74) is 1.31. The van der Waals surface area contributed by atoms with Crippen LogP contribution in [-0.4, -0.2) is 74.5 Å². The van der Waals surface area contributed by atoms with Crippen molar-refractivity contribution in [3.8, 4) is 5.82 Å². The first-order chi connectivity index (χ1) is 22.0. The number of aromatic nitrogens is 9. The van der Waals surface area contributed by atoms with Gasteiger partial charge in [-0.3, -0.25) is 9.89 Å². The molecule has 1 amide bonds. The number of rotatable bonds is 10. The van der Waals surface area contributed by atoms with E-state index in [1.165, 1.54) is 10.9 Å². The average molecular weight is 632 g/mol. The molecule has 0 aromatic carbocycles. The molecule has 0 bridgehead atoms. The van der Waals surface area contributed by atoms with Crippen molar-refractivity contribution in [2.24, 2.45) is 5.92 Å². The van der Waals surface area contributed by atoms with E-state index in [0.717, 1.165) is 17.5 Å². The van der Waals surface area contributed by atoms with Gasteiger partial charge in [-0.05, 0) is 58.6 Å². The van der Waals surface area contributed by atoms with Gasteiger partial charge in [0, 0.05) is 31.0 Å². The number of methoxy groups -OCH3 is 1. The van der Waals surface area contributed by atoms with Crippen molar-refractivity contribution < 1.29 is 19.0 Å². The highest BCUT2D eigenvalue weighted by Crippen LogP contribution is 2.38. The highest BCUT2D eigenvalue weighted by atomic mass is 19.1. The second-order valence-corrected chi connectivity index (χ2v) is 12.5. The van der Waals surface area contributed by atoms with E-state index in [1.54, 1.807) is 44.1 Å². The fourth-order valence-electron chi connectivity index (χ4n) is 5.88. The summed E-state index contributed by atoms with van der Waals surface area (Å²) in [7, 11) is 1.62. The maximum atomic E-state index is 13.5. The van der Waals surface area contributed by atoms with Gasteiger partial charge in [-0.1, -0.05) is 6.07 Å². The Hall–Kier alpha value is -4.76. The number of amides is 1. The summed E-state index contributed by atoms with van der Waals surface area (Å²) < 4.78 is 22.3. The molecule has 0 radical (unpaired) electrons. The van der Waals surface area contributed by atoms with Crippen LogP contribution in [0.25, 0.3) is 16.9 Å². The van der Waals surface area contributed by atoms with Crippen LogP contribution in [0.2, 0.25) is 0 Å². The minimum absolute atomic E-state index is 0.0772. The van der Waals surface area contributed by atoms with Crippen LogP contribution < -0.4 is 10.6 Å². The first kappa shape index (κ1) is 31.2. The van der Waals surface area contributed by atoms with Crippen LogP contribution >= 0.6 is 0 Å². The Labute approximate surface area is 264 Å². The lowest BCUT2D eigenvalue weighted by molar-refractivity contribution is -0.132. The number of pyridine rings is 1.